The van der Waals surface area contributed by atoms with Crippen LogP contribution in [0.1, 0.15) is 33.6 Å². The summed E-state index contributed by atoms with van der Waals surface area (Å²) in [4.78, 5) is 35.4. The summed E-state index contributed by atoms with van der Waals surface area (Å²) in [5.74, 6) is -1.32. The number of primary amides is 1. The lowest BCUT2D eigenvalue weighted by Gasteiger charge is -2.13. The monoisotopic (exact) mass is 382 g/mol. The van der Waals surface area contributed by atoms with Crippen LogP contribution in [0.3, 0.4) is 0 Å². The van der Waals surface area contributed by atoms with E-state index in [1.165, 1.54) is 37.3 Å². The van der Waals surface area contributed by atoms with E-state index in [-0.39, 0.29) is 5.76 Å². The molecule has 2 aromatic heterocycles. The van der Waals surface area contributed by atoms with Gasteiger partial charge in [-0.05, 0) is 49.4 Å². The molecule has 0 bridgehead atoms. The number of nitrogens with two attached hydrogens (primary N) is 1. The smallest absolute Gasteiger partial charge is 0.375 e. The van der Waals surface area contributed by atoms with E-state index in [4.69, 9.17) is 14.9 Å². The van der Waals surface area contributed by atoms with Crippen LogP contribution in [-0.4, -0.2) is 33.7 Å². The molecule has 144 valence electrons. The van der Waals surface area contributed by atoms with Crippen LogP contribution in [0.2, 0.25) is 0 Å². The SMILES string of the molecule is CC(OC(=O)c1ccc(Cn2cccn2)o1)C(=O)Nc1ccc(C(N)=O)cc1. The fourth-order valence-corrected chi connectivity index (χ4v) is 2.36. The predicted octanol–water partition coefficient (Wildman–Crippen LogP) is 1.81. The van der Waals surface area contributed by atoms with Crippen LogP contribution >= 0.6 is 0 Å². The molecule has 9 nitrogen and oxygen atoms in total. The van der Waals surface area contributed by atoms with Gasteiger partial charge < -0.3 is 20.2 Å². The normalized spacial score (nSPS) is 11.6. The fraction of sp³-hybridized carbons (Fsp3) is 0.158. The molecule has 2 amide bonds. The average molecular weight is 382 g/mol. The Morgan fingerprint density at radius 3 is 2.61 bits per heavy atom. The minimum atomic E-state index is -1.05. The van der Waals surface area contributed by atoms with Crippen molar-refractivity contribution in [2.24, 2.45) is 5.73 Å². The number of hydrogen-bond acceptors (Lipinski definition) is 6. The van der Waals surface area contributed by atoms with Crippen molar-refractivity contribution in [2.45, 2.75) is 19.6 Å². The van der Waals surface area contributed by atoms with Gasteiger partial charge in [0.2, 0.25) is 11.7 Å². The lowest BCUT2D eigenvalue weighted by Crippen LogP contribution is -2.29. The summed E-state index contributed by atoms with van der Waals surface area (Å²) in [6, 6.07) is 10.9. The Kier molecular flexibility index (Phi) is 5.54. The van der Waals surface area contributed by atoms with E-state index in [0.29, 0.717) is 23.6 Å². The van der Waals surface area contributed by atoms with Crippen molar-refractivity contribution in [3.63, 3.8) is 0 Å². The molecule has 0 aliphatic carbocycles. The number of nitrogens with one attached hydrogen (secondary N) is 1. The van der Waals surface area contributed by atoms with Crippen molar-refractivity contribution in [1.82, 2.24) is 9.78 Å². The number of anilines is 1. The Hall–Kier alpha value is -3.88. The molecule has 1 unspecified atom stereocenters. The Labute approximate surface area is 160 Å². The Morgan fingerprint density at radius 1 is 1.21 bits per heavy atom. The molecule has 2 heterocycles. The topological polar surface area (TPSA) is 129 Å². The fourth-order valence-electron chi connectivity index (χ4n) is 2.36. The van der Waals surface area contributed by atoms with Crippen molar-refractivity contribution in [3.05, 3.63) is 71.9 Å². The number of nitrogens with zero attached hydrogens (tertiary/aromatic N) is 2. The maximum absolute atomic E-state index is 12.2. The molecule has 0 fully saturated rings. The average Bonchev–Trinajstić information content (AvgIpc) is 3.34. The number of amides is 2. The van der Waals surface area contributed by atoms with Crippen LogP contribution in [0.5, 0.6) is 0 Å². The van der Waals surface area contributed by atoms with E-state index in [9.17, 15) is 14.4 Å². The summed E-state index contributed by atoms with van der Waals surface area (Å²) in [6.07, 6.45) is 2.35. The Balaban J connectivity index is 1.55. The minimum Gasteiger partial charge on any atom is -0.452 e. The van der Waals surface area contributed by atoms with E-state index in [2.05, 4.69) is 10.4 Å². The maximum atomic E-state index is 12.2. The number of rotatable bonds is 7. The second-order valence-electron chi connectivity index (χ2n) is 5.95. The van der Waals surface area contributed by atoms with Gasteiger partial charge in [-0.25, -0.2) is 4.79 Å². The van der Waals surface area contributed by atoms with Gasteiger partial charge in [-0.1, -0.05) is 0 Å². The van der Waals surface area contributed by atoms with E-state index in [1.54, 1.807) is 29.2 Å². The van der Waals surface area contributed by atoms with Crippen LogP contribution in [0, 0.1) is 0 Å². The molecule has 1 aromatic carbocycles. The number of benzene rings is 1. The first-order valence-corrected chi connectivity index (χ1v) is 8.40. The van der Waals surface area contributed by atoms with Crippen molar-refractivity contribution in [1.29, 1.82) is 0 Å². The highest BCUT2D eigenvalue weighted by Gasteiger charge is 2.21. The third-order valence-electron chi connectivity index (χ3n) is 3.83. The molecule has 0 aliphatic rings. The van der Waals surface area contributed by atoms with Crippen molar-refractivity contribution in [3.8, 4) is 0 Å². The predicted molar refractivity (Wildman–Crippen MR) is 98.5 cm³/mol. The van der Waals surface area contributed by atoms with Crippen molar-refractivity contribution < 1.29 is 23.5 Å². The number of furan rings is 1. The van der Waals surface area contributed by atoms with Crippen molar-refractivity contribution >= 4 is 23.5 Å². The van der Waals surface area contributed by atoms with Crippen molar-refractivity contribution in [2.75, 3.05) is 5.32 Å². The molecule has 0 saturated heterocycles. The summed E-state index contributed by atoms with van der Waals surface area (Å²) in [5, 5.41) is 6.64. The summed E-state index contributed by atoms with van der Waals surface area (Å²) >= 11 is 0. The molecule has 0 aliphatic heterocycles. The number of ether oxygens (including phenoxy) is 1. The molecule has 9 heteroatoms. The zero-order valence-corrected chi connectivity index (χ0v) is 15.0. The van der Waals surface area contributed by atoms with Gasteiger partial charge in [-0.2, -0.15) is 5.10 Å². The summed E-state index contributed by atoms with van der Waals surface area (Å²) in [6.45, 7) is 1.82. The lowest BCUT2D eigenvalue weighted by atomic mass is 10.2. The molecular weight excluding hydrogens is 364 g/mol. The second-order valence-corrected chi connectivity index (χ2v) is 5.95. The first-order valence-electron chi connectivity index (χ1n) is 8.40. The van der Waals surface area contributed by atoms with Gasteiger partial charge in [0.05, 0.1) is 6.54 Å². The summed E-state index contributed by atoms with van der Waals surface area (Å²) in [5.41, 5.74) is 5.93. The Morgan fingerprint density at radius 2 is 1.96 bits per heavy atom. The minimum absolute atomic E-state index is 0.00684. The van der Waals surface area contributed by atoms with Gasteiger partial charge >= 0.3 is 5.97 Å². The third kappa shape index (κ3) is 4.64. The number of carbonyl (C=O) groups excluding carboxylic acids is 3. The van der Waals surface area contributed by atoms with E-state index in [1.807, 2.05) is 0 Å². The molecule has 28 heavy (non-hydrogen) atoms. The highest BCUT2D eigenvalue weighted by Crippen LogP contribution is 2.13. The molecule has 0 spiro atoms. The number of hydrogen-bond donors (Lipinski definition) is 2. The molecule has 3 aromatic rings. The molecule has 3 N–H and O–H groups in total. The van der Waals surface area contributed by atoms with Crippen LogP contribution < -0.4 is 11.1 Å². The zero-order valence-electron chi connectivity index (χ0n) is 15.0. The largest absolute Gasteiger partial charge is 0.452 e. The summed E-state index contributed by atoms with van der Waals surface area (Å²) < 4.78 is 12.2. The standard InChI is InChI=1S/C19H18N4O5/c1-12(18(25)22-14-5-3-13(4-6-14)17(20)24)27-19(26)16-8-7-15(28-16)11-23-10-2-9-21-23/h2-10,12H,11H2,1H3,(H2,20,24)(H,22,25). The van der Waals surface area contributed by atoms with Crippen LogP contribution in [-0.2, 0) is 16.1 Å². The summed E-state index contributed by atoms with van der Waals surface area (Å²) in [7, 11) is 0. The number of carbonyl (C=O) groups is 3. The van der Waals surface area contributed by atoms with Crippen LogP contribution in [0.4, 0.5) is 5.69 Å². The second kappa shape index (κ2) is 8.21. The van der Waals surface area contributed by atoms with E-state index >= 15 is 0 Å². The van der Waals surface area contributed by atoms with Gasteiger partial charge in [-0.3, -0.25) is 14.3 Å². The molecule has 0 saturated carbocycles. The van der Waals surface area contributed by atoms with Crippen LogP contribution in [0.15, 0.2) is 59.3 Å². The molecule has 0 radical (unpaired) electrons. The quantitative estimate of drug-likeness (QED) is 0.600. The maximum Gasteiger partial charge on any atom is 0.375 e. The highest BCUT2D eigenvalue weighted by molar-refractivity contribution is 5.97. The van der Waals surface area contributed by atoms with Gasteiger partial charge in [0.1, 0.15) is 5.76 Å². The van der Waals surface area contributed by atoms with Gasteiger partial charge in [-0.15, -0.1) is 0 Å². The van der Waals surface area contributed by atoms with E-state index in [0.717, 1.165) is 0 Å². The van der Waals surface area contributed by atoms with Gasteiger partial charge in [0, 0.05) is 23.6 Å². The van der Waals surface area contributed by atoms with E-state index < -0.39 is 23.9 Å². The molecule has 1 atom stereocenters. The number of aromatic nitrogens is 2. The number of esters is 1. The first kappa shape index (κ1) is 18.9. The molecular formula is C19H18N4O5. The molecule has 3 rings (SSSR count). The van der Waals surface area contributed by atoms with Gasteiger partial charge in [0.15, 0.2) is 6.10 Å². The van der Waals surface area contributed by atoms with Crippen LogP contribution in [0.25, 0.3) is 0 Å². The lowest BCUT2D eigenvalue weighted by molar-refractivity contribution is -0.123. The first-order chi connectivity index (χ1) is 13.4. The third-order valence-corrected chi connectivity index (χ3v) is 3.83. The Bertz CT molecular complexity index is 976. The zero-order chi connectivity index (χ0) is 20.1. The van der Waals surface area contributed by atoms with Gasteiger partial charge in [0.25, 0.3) is 5.91 Å². The highest BCUT2D eigenvalue weighted by atomic mass is 16.6.